The van der Waals surface area contributed by atoms with Gasteiger partial charge in [-0.05, 0) is 50.8 Å². The van der Waals surface area contributed by atoms with Crippen molar-refractivity contribution in [1.29, 1.82) is 0 Å². The molecule has 0 spiro atoms. The second kappa shape index (κ2) is 8.02. The van der Waals surface area contributed by atoms with Gasteiger partial charge in [0.05, 0.1) is 0 Å². The van der Waals surface area contributed by atoms with Gasteiger partial charge in [0.2, 0.25) is 5.91 Å². The topological polar surface area (TPSA) is 78.5 Å². The molecule has 148 valence electrons. The molecule has 1 aliphatic heterocycles. The highest BCUT2D eigenvalue weighted by atomic mass is 19.1. The molecule has 0 bridgehead atoms. The zero-order chi connectivity index (χ0) is 20.4. The van der Waals surface area contributed by atoms with E-state index in [9.17, 15) is 23.2 Å². The van der Waals surface area contributed by atoms with Gasteiger partial charge in [0.1, 0.15) is 23.7 Å². The highest BCUT2D eigenvalue weighted by Crippen LogP contribution is 2.31. The first-order valence-corrected chi connectivity index (χ1v) is 8.93. The van der Waals surface area contributed by atoms with Crippen molar-refractivity contribution in [3.05, 3.63) is 35.4 Å². The molecule has 0 aliphatic carbocycles. The Morgan fingerprint density at radius 1 is 1.22 bits per heavy atom. The van der Waals surface area contributed by atoms with Gasteiger partial charge in [-0.25, -0.2) is 13.6 Å². The van der Waals surface area contributed by atoms with E-state index in [1.165, 1.54) is 6.92 Å². The molecule has 6 nitrogen and oxygen atoms in total. The summed E-state index contributed by atoms with van der Waals surface area (Å²) < 4.78 is 27.6. The number of carbonyl (C=O) groups is 3. The third kappa shape index (κ3) is 4.61. The number of carbonyl (C=O) groups excluding carboxylic acids is 3. The lowest BCUT2D eigenvalue weighted by molar-refractivity contribution is -0.135. The molecule has 1 heterocycles. The van der Waals surface area contributed by atoms with E-state index >= 15 is 0 Å². The Hall–Kier alpha value is -2.51. The van der Waals surface area contributed by atoms with Crippen molar-refractivity contribution in [3.8, 4) is 0 Å². The van der Waals surface area contributed by atoms with Crippen molar-refractivity contribution in [2.24, 2.45) is 5.92 Å². The van der Waals surface area contributed by atoms with Gasteiger partial charge in [-0.15, -0.1) is 0 Å². The standard InChI is InChI=1S/C19H25F2N3O3/c1-11(2)5-6-12(3)22-16(25)10-24-17(26)19(4,23-18(24)27)14-9-13(20)7-8-15(14)21/h7-9,11-12H,5-6,10H2,1-4H3,(H,22,25)(H,23,27)/t12-,19+/m1/s1. The fraction of sp³-hybridized carbons (Fsp3) is 0.526. The van der Waals surface area contributed by atoms with E-state index in [0.29, 0.717) is 5.92 Å². The molecule has 27 heavy (non-hydrogen) atoms. The average Bonchev–Trinajstić information content (AvgIpc) is 2.79. The average molecular weight is 381 g/mol. The molecule has 1 aromatic rings. The Morgan fingerprint density at radius 2 is 1.89 bits per heavy atom. The van der Waals surface area contributed by atoms with Crippen molar-refractivity contribution in [2.75, 3.05) is 6.54 Å². The normalized spacial score (nSPS) is 20.8. The number of halogens is 2. The van der Waals surface area contributed by atoms with E-state index in [2.05, 4.69) is 24.5 Å². The SMILES string of the molecule is CC(C)CC[C@@H](C)NC(=O)CN1C(=O)N[C@@](C)(c2cc(F)ccc2F)C1=O. The molecule has 8 heteroatoms. The summed E-state index contributed by atoms with van der Waals surface area (Å²) in [6.45, 7) is 6.80. The number of rotatable bonds is 7. The number of urea groups is 1. The lowest BCUT2D eigenvalue weighted by atomic mass is 9.91. The summed E-state index contributed by atoms with van der Waals surface area (Å²) in [5, 5.41) is 5.11. The van der Waals surface area contributed by atoms with Crippen LogP contribution in [0.1, 0.15) is 46.1 Å². The maximum Gasteiger partial charge on any atom is 0.325 e. The molecule has 0 saturated carbocycles. The zero-order valence-corrected chi connectivity index (χ0v) is 15.9. The van der Waals surface area contributed by atoms with Crippen LogP contribution in [0.15, 0.2) is 18.2 Å². The lowest BCUT2D eigenvalue weighted by Gasteiger charge is -2.23. The molecule has 0 aromatic heterocycles. The van der Waals surface area contributed by atoms with Crippen LogP contribution in [0.5, 0.6) is 0 Å². The molecule has 1 aromatic carbocycles. The van der Waals surface area contributed by atoms with Crippen molar-refractivity contribution in [1.82, 2.24) is 15.5 Å². The van der Waals surface area contributed by atoms with Crippen molar-refractivity contribution in [2.45, 2.75) is 52.1 Å². The molecular formula is C19H25F2N3O3. The number of imide groups is 1. The number of nitrogens with one attached hydrogen (secondary N) is 2. The fourth-order valence-electron chi connectivity index (χ4n) is 3.02. The summed E-state index contributed by atoms with van der Waals surface area (Å²) in [4.78, 5) is 37.8. The van der Waals surface area contributed by atoms with Gasteiger partial charge in [-0.1, -0.05) is 13.8 Å². The number of hydrogen-bond donors (Lipinski definition) is 2. The largest absolute Gasteiger partial charge is 0.352 e. The third-order valence-corrected chi connectivity index (χ3v) is 4.63. The number of benzene rings is 1. The third-order valence-electron chi connectivity index (χ3n) is 4.63. The fourth-order valence-corrected chi connectivity index (χ4v) is 3.02. The van der Waals surface area contributed by atoms with Gasteiger partial charge in [0, 0.05) is 11.6 Å². The van der Waals surface area contributed by atoms with Crippen LogP contribution in [0.3, 0.4) is 0 Å². The first-order chi connectivity index (χ1) is 12.5. The summed E-state index contributed by atoms with van der Waals surface area (Å²) >= 11 is 0. The van der Waals surface area contributed by atoms with Crippen molar-refractivity contribution >= 4 is 17.8 Å². The monoisotopic (exact) mass is 381 g/mol. The Labute approximate surface area is 157 Å². The Bertz CT molecular complexity index is 754. The van der Waals surface area contributed by atoms with Crippen molar-refractivity contribution in [3.63, 3.8) is 0 Å². The predicted octanol–water partition coefficient (Wildman–Crippen LogP) is 2.67. The molecule has 0 unspecified atom stereocenters. The van der Waals surface area contributed by atoms with E-state index in [0.717, 1.165) is 35.9 Å². The molecule has 0 radical (unpaired) electrons. The highest BCUT2D eigenvalue weighted by Gasteiger charge is 2.50. The molecule has 2 atom stereocenters. The summed E-state index contributed by atoms with van der Waals surface area (Å²) in [5.74, 6) is -2.34. The van der Waals surface area contributed by atoms with E-state index < -0.39 is 41.6 Å². The van der Waals surface area contributed by atoms with Crippen LogP contribution in [-0.2, 0) is 15.1 Å². The predicted molar refractivity (Wildman–Crippen MR) is 95.6 cm³/mol. The van der Waals surface area contributed by atoms with Crippen LogP contribution in [0.4, 0.5) is 13.6 Å². The van der Waals surface area contributed by atoms with Gasteiger partial charge in [0.15, 0.2) is 0 Å². The Morgan fingerprint density at radius 3 is 2.52 bits per heavy atom. The van der Waals surface area contributed by atoms with Crippen LogP contribution in [0.25, 0.3) is 0 Å². The number of amides is 4. The second-order valence-corrected chi connectivity index (χ2v) is 7.51. The Kier molecular flexibility index (Phi) is 6.18. The van der Waals surface area contributed by atoms with E-state index in [4.69, 9.17) is 0 Å². The minimum atomic E-state index is -1.77. The molecule has 2 rings (SSSR count). The second-order valence-electron chi connectivity index (χ2n) is 7.51. The molecule has 1 saturated heterocycles. The van der Waals surface area contributed by atoms with Gasteiger partial charge in [0.25, 0.3) is 5.91 Å². The van der Waals surface area contributed by atoms with Crippen LogP contribution < -0.4 is 10.6 Å². The maximum absolute atomic E-state index is 14.1. The van der Waals surface area contributed by atoms with E-state index in [1.54, 1.807) is 0 Å². The minimum Gasteiger partial charge on any atom is -0.352 e. The zero-order valence-electron chi connectivity index (χ0n) is 15.9. The summed E-state index contributed by atoms with van der Waals surface area (Å²) in [5.41, 5.74) is -2.05. The van der Waals surface area contributed by atoms with Crippen LogP contribution in [0, 0.1) is 17.6 Å². The summed E-state index contributed by atoms with van der Waals surface area (Å²) in [6, 6.07) is 1.75. The van der Waals surface area contributed by atoms with Crippen molar-refractivity contribution < 1.29 is 23.2 Å². The smallest absolute Gasteiger partial charge is 0.325 e. The van der Waals surface area contributed by atoms with Crippen LogP contribution in [0.2, 0.25) is 0 Å². The highest BCUT2D eigenvalue weighted by molar-refractivity contribution is 6.09. The van der Waals surface area contributed by atoms with E-state index in [1.807, 2.05) is 6.92 Å². The minimum absolute atomic E-state index is 0.104. The van der Waals surface area contributed by atoms with Gasteiger partial charge < -0.3 is 10.6 Å². The van der Waals surface area contributed by atoms with Gasteiger partial charge in [-0.3, -0.25) is 14.5 Å². The quantitative estimate of drug-likeness (QED) is 0.713. The van der Waals surface area contributed by atoms with Crippen LogP contribution >= 0.6 is 0 Å². The maximum atomic E-state index is 14.1. The van der Waals surface area contributed by atoms with E-state index in [-0.39, 0.29) is 11.6 Å². The molecule has 1 fully saturated rings. The summed E-state index contributed by atoms with van der Waals surface area (Å²) in [7, 11) is 0. The van der Waals surface area contributed by atoms with Crippen LogP contribution in [-0.4, -0.2) is 35.3 Å². The molecular weight excluding hydrogens is 356 g/mol. The van der Waals surface area contributed by atoms with Gasteiger partial charge >= 0.3 is 6.03 Å². The first kappa shape index (κ1) is 20.8. The number of hydrogen-bond acceptors (Lipinski definition) is 3. The first-order valence-electron chi connectivity index (χ1n) is 8.93. The molecule has 1 aliphatic rings. The summed E-state index contributed by atoms with van der Waals surface area (Å²) in [6.07, 6.45) is 1.71. The Balaban J connectivity index is 2.09. The molecule has 2 N–H and O–H groups in total. The number of nitrogens with zero attached hydrogens (tertiary/aromatic N) is 1. The lowest BCUT2D eigenvalue weighted by Crippen LogP contribution is -2.45. The molecule has 4 amide bonds. The van der Waals surface area contributed by atoms with Gasteiger partial charge in [-0.2, -0.15) is 0 Å².